The van der Waals surface area contributed by atoms with Crippen molar-refractivity contribution in [3.8, 4) is 11.3 Å². The molecule has 0 bridgehead atoms. The van der Waals surface area contributed by atoms with E-state index in [0.717, 1.165) is 25.2 Å². The maximum atomic E-state index is 12.3. The van der Waals surface area contributed by atoms with E-state index in [1.165, 1.54) is 0 Å². The van der Waals surface area contributed by atoms with Crippen LogP contribution in [-0.4, -0.2) is 37.1 Å². The highest BCUT2D eigenvalue weighted by atomic mass is 35.5. The topological polar surface area (TPSA) is 42.7 Å². The highest BCUT2D eigenvalue weighted by Crippen LogP contribution is 2.29. The van der Waals surface area contributed by atoms with Crippen LogP contribution in [-0.2, 0) is 4.74 Å². The molecule has 0 atom stereocenters. The molecule has 0 saturated carbocycles. The van der Waals surface area contributed by atoms with Gasteiger partial charge < -0.3 is 14.1 Å². The molecule has 0 fully saturated rings. The van der Waals surface area contributed by atoms with E-state index in [2.05, 4.69) is 32.6 Å². The van der Waals surface area contributed by atoms with Crippen LogP contribution in [0.4, 0.5) is 0 Å². The molecule has 0 aliphatic heterocycles. The van der Waals surface area contributed by atoms with Crippen LogP contribution in [0.25, 0.3) is 11.3 Å². The molecule has 0 spiro atoms. The zero-order chi connectivity index (χ0) is 18.4. The Morgan fingerprint density at radius 3 is 2.48 bits per heavy atom. The molecule has 5 heteroatoms. The number of hydrogen-bond acceptors (Lipinski definition) is 4. The Hall–Kier alpha value is -1.78. The third-order valence-electron chi connectivity index (χ3n) is 4.09. The van der Waals surface area contributed by atoms with E-state index in [-0.39, 0.29) is 11.2 Å². The van der Waals surface area contributed by atoms with Crippen molar-refractivity contribution in [1.29, 1.82) is 0 Å². The smallest absolute Gasteiger partial charge is 0.374 e. The summed E-state index contributed by atoms with van der Waals surface area (Å²) in [6, 6.07) is 10.7. The van der Waals surface area contributed by atoms with Gasteiger partial charge in [0, 0.05) is 17.5 Å². The average Bonchev–Trinajstić information content (AvgIpc) is 3.08. The number of halogens is 1. The van der Waals surface area contributed by atoms with Gasteiger partial charge in [-0.1, -0.05) is 51.4 Å². The van der Waals surface area contributed by atoms with Gasteiger partial charge in [0.15, 0.2) is 0 Å². The number of carbonyl (C=O) groups excluding carboxylic acids is 1. The van der Waals surface area contributed by atoms with Crippen molar-refractivity contribution in [2.24, 2.45) is 5.41 Å². The van der Waals surface area contributed by atoms with Crippen LogP contribution in [0.3, 0.4) is 0 Å². The number of benzene rings is 1. The highest BCUT2D eigenvalue weighted by Gasteiger charge is 2.24. The molecule has 0 radical (unpaired) electrons. The lowest BCUT2D eigenvalue weighted by Crippen LogP contribution is -2.37. The number of hydrogen-bond donors (Lipinski definition) is 0. The number of nitrogens with zero attached hydrogens (tertiary/aromatic N) is 1. The van der Waals surface area contributed by atoms with Crippen LogP contribution in [0.1, 0.15) is 38.2 Å². The summed E-state index contributed by atoms with van der Waals surface area (Å²) in [5.41, 5.74) is 0.630. The molecule has 2 rings (SSSR count). The van der Waals surface area contributed by atoms with Crippen LogP contribution in [0.15, 0.2) is 40.8 Å². The van der Waals surface area contributed by atoms with Gasteiger partial charge in [0.2, 0.25) is 5.76 Å². The average molecular weight is 364 g/mol. The standard InChI is InChI=1S/C20H26ClNO3/c1-5-22(6-2)13-20(3,4)14-24-19(23)18-12-11-17(25-18)15-9-7-8-10-16(15)21/h7-12H,5-6,13-14H2,1-4H3. The molecule has 0 saturated heterocycles. The second-order valence-electron chi connectivity index (χ2n) is 6.85. The Labute approximate surface area is 154 Å². The first-order valence-corrected chi connectivity index (χ1v) is 8.98. The van der Waals surface area contributed by atoms with Crippen LogP contribution >= 0.6 is 11.6 Å². The normalized spacial score (nSPS) is 11.8. The summed E-state index contributed by atoms with van der Waals surface area (Å²) in [5.74, 6) is 0.291. The van der Waals surface area contributed by atoms with Gasteiger partial charge in [-0.2, -0.15) is 0 Å². The van der Waals surface area contributed by atoms with E-state index in [4.69, 9.17) is 20.8 Å². The van der Waals surface area contributed by atoms with Crippen LogP contribution in [0.2, 0.25) is 5.02 Å². The number of carbonyl (C=O) groups is 1. The summed E-state index contributed by atoms with van der Waals surface area (Å²) in [5, 5.41) is 0.581. The van der Waals surface area contributed by atoms with E-state index in [0.29, 0.717) is 17.4 Å². The quantitative estimate of drug-likeness (QED) is 0.610. The highest BCUT2D eigenvalue weighted by molar-refractivity contribution is 6.33. The maximum Gasteiger partial charge on any atom is 0.374 e. The van der Waals surface area contributed by atoms with Crippen molar-refractivity contribution >= 4 is 17.6 Å². The Kier molecular flexibility index (Phi) is 6.68. The first-order chi connectivity index (χ1) is 11.9. The van der Waals surface area contributed by atoms with Gasteiger partial charge in [0.05, 0.1) is 11.6 Å². The minimum Gasteiger partial charge on any atom is -0.459 e. The SMILES string of the molecule is CCN(CC)CC(C)(C)COC(=O)c1ccc(-c2ccccc2Cl)o1. The van der Waals surface area contributed by atoms with Crippen molar-refractivity contribution < 1.29 is 13.9 Å². The molecule has 0 aliphatic rings. The fraction of sp³-hybridized carbons (Fsp3) is 0.450. The molecule has 1 aromatic carbocycles. The Bertz CT molecular complexity index is 704. The molecule has 2 aromatic rings. The molecule has 1 heterocycles. The number of ether oxygens (including phenoxy) is 1. The van der Waals surface area contributed by atoms with Crippen molar-refractivity contribution in [1.82, 2.24) is 4.90 Å². The fourth-order valence-electron chi connectivity index (χ4n) is 2.68. The molecular formula is C20H26ClNO3. The Morgan fingerprint density at radius 2 is 1.84 bits per heavy atom. The molecule has 0 aliphatic carbocycles. The first kappa shape index (κ1) is 19.5. The van der Waals surface area contributed by atoms with E-state index in [9.17, 15) is 4.79 Å². The molecule has 0 unspecified atom stereocenters. The summed E-state index contributed by atoms with van der Waals surface area (Å²) in [7, 11) is 0. The van der Waals surface area contributed by atoms with E-state index in [1.807, 2.05) is 18.2 Å². The van der Waals surface area contributed by atoms with Gasteiger partial charge in [0.25, 0.3) is 0 Å². The molecule has 0 N–H and O–H groups in total. The van der Waals surface area contributed by atoms with Crippen LogP contribution in [0.5, 0.6) is 0 Å². The van der Waals surface area contributed by atoms with Gasteiger partial charge in [-0.25, -0.2) is 4.79 Å². The van der Waals surface area contributed by atoms with Gasteiger partial charge in [-0.05, 0) is 37.4 Å². The summed E-state index contributed by atoms with van der Waals surface area (Å²) < 4.78 is 11.1. The number of esters is 1. The van der Waals surface area contributed by atoms with Crippen molar-refractivity contribution in [2.75, 3.05) is 26.2 Å². The molecular weight excluding hydrogens is 338 g/mol. The third kappa shape index (κ3) is 5.35. The second kappa shape index (κ2) is 8.54. The molecule has 136 valence electrons. The first-order valence-electron chi connectivity index (χ1n) is 8.60. The summed E-state index contributed by atoms with van der Waals surface area (Å²) in [6.45, 7) is 11.6. The minimum atomic E-state index is -0.453. The van der Waals surface area contributed by atoms with E-state index < -0.39 is 5.97 Å². The minimum absolute atomic E-state index is 0.125. The lowest BCUT2D eigenvalue weighted by atomic mass is 9.94. The van der Waals surface area contributed by atoms with Crippen LogP contribution < -0.4 is 0 Å². The van der Waals surface area contributed by atoms with Crippen molar-refractivity contribution in [2.45, 2.75) is 27.7 Å². The summed E-state index contributed by atoms with van der Waals surface area (Å²) in [6.07, 6.45) is 0. The largest absolute Gasteiger partial charge is 0.459 e. The fourth-order valence-corrected chi connectivity index (χ4v) is 2.91. The molecule has 1 aromatic heterocycles. The van der Waals surface area contributed by atoms with E-state index in [1.54, 1.807) is 18.2 Å². The zero-order valence-electron chi connectivity index (χ0n) is 15.3. The van der Waals surface area contributed by atoms with Crippen molar-refractivity contribution in [3.63, 3.8) is 0 Å². The van der Waals surface area contributed by atoms with Crippen LogP contribution in [0, 0.1) is 5.41 Å². The monoisotopic (exact) mass is 363 g/mol. The number of furan rings is 1. The van der Waals surface area contributed by atoms with Gasteiger partial charge >= 0.3 is 5.97 Å². The second-order valence-corrected chi connectivity index (χ2v) is 7.25. The molecule has 25 heavy (non-hydrogen) atoms. The lowest BCUT2D eigenvalue weighted by molar-refractivity contribution is 0.0243. The predicted octanol–water partition coefficient (Wildman–Crippen LogP) is 5.12. The Balaban J connectivity index is 1.99. The molecule has 0 amide bonds. The summed E-state index contributed by atoms with van der Waals surface area (Å²) in [4.78, 5) is 14.6. The van der Waals surface area contributed by atoms with Gasteiger partial charge in [-0.3, -0.25) is 0 Å². The predicted molar refractivity (Wildman–Crippen MR) is 101 cm³/mol. The third-order valence-corrected chi connectivity index (χ3v) is 4.42. The van der Waals surface area contributed by atoms with Crippen molar-refractivity contribution in [3.05, 3.63) is 47.2 Å². The maximum absolute atomic E-state index is 12.3. The molecule has 4 nitrogen and oxygen atoms in total. The van der Waals surface area contributed by atoms with Gasteiger partial charge in [0.1, 0.15) is 5.76 Å². The van der Waals surface area contributed by atoms with E-state index >= 15 is 0 Å². The number of rotatable bonds is 8. The lowest BCUT2D eigenvalue weighted by Gasteiger charge is -2.30. The summed E-state index contributed by atoms with van der Waals surface area (Å²) >= 11 is 6.16. The zero-order valence-corrected chi connectivity index (χ0v) is 16.1. The van der Waals surface area contributed by atoms with Gasteiger partial charge in [-0.15, -0.1) is 0 Å². The Morgan fingerprint density at radius 1 is 1.16 bits per heavy atom.